The van der Waals surface area contributed by atoms with Crippen molar-refractivity contribution in [3.8, 4) is 11.5 Å². The van der Waals surface area contributed by atoms with Crippen LogP contribution in [0.25, 0.3) is 0 Å². The van der Waals surface area contributed by atoms with Gasteiger partial charge in [0.1, 0.15) is 23.9 Å². The lowest BCUT2D eigenvalue weighted by Gasteiger charge is -2.41. The molecule has 0 aliphatic carbocycles. The molecule has 1 aromatic heterocycles. The van der Waals surface area contributed by atoms with E-state index in [1.54, 1.807) is 23.4 Å². The van der Waals surface area contributed by atoms with Crippen LogP contribution < -0.4 is 4.74 Å². The van der Waals surface area contributed by atoms with Gasteiger partial charge in [-0.25, -0.2) is 9.97 Å². The quantitative estimate of drug-likeness (QED) is 0.397. The van der Waals surface area contributed by atoms with Crippen molar-refractivity contribution in [3.63, 3.8) is 0 Å². The van der Waals surface area contributed by atoms with E-state index in [0.29, 0.717) is 31.1 Å². The number of benzene rings is 2. The number of piperidine rings is 1. The molecule has 0 bridgehead atoms. The van der Waals surface area contributed by atoms with Crippen molar-refractivity contribution in [3.05, 3.63) is 83.4 Å². The minimum atomic E-state index is -0.434. The van der Waals surface area contributed by atoms with E-state index in [2.05, 4.69) is 21.9 Å². The van der Waals surface area contributed by atoms with Crippen molar-refractivity contribution in [1.82, 2.24) is 24.7 Å². The van der Waals surface area contributed by atoms with Gasteiger partial charge in [-0.15, -0.1) is 0 Å². The lowest BCUT2D eigenvalue weighted by Crippen LogP contribution is -2.44. The van der Waals surface area contributed by atoms with Gasteiger partial charge < -0.3 is 19.6 Å². The van der Waals surface area contributed by atoms with Gasteiger partial charge in [0.25, 0.3) is 5.91 Å². The monoisotopic (exact) mass is 531 g/mol. The summed E-state index contributed by atoms with van der Waals surface area (Å²) in [6, 6.07) is 15.8. The fraction of sp³-hybridized carbons (Fsp3) is 0.452. The summed E-state index contributed by atoms with van der Waals surface area (Å²) in [7, 11) is 4.08. The van der Waals surface area contributed by atoms with Gasteiger partial charge in [0, 0.05) is 38.6 Å². The van der Waals surface area contributed by atoms with Gasteiger partial charge in [0.15, 0.2) is 0 Å². The molecule has 1 aliphatic heterocycles. The standard InChI is InChI=1S/C31H41N5O3/c1-5-36(6-2)29(38)25-21-32-30(33-22-25)31(26-8-7-9-27(37)20-26)14-16-35(17-15-31)23-24-10-12-28(13-11-24)39-19-18-34(3)4/h7-13,20-22,37H,5-6,14-19,23H2,1-4H3. The van der Waals surface area contributed by atoms with Crippen LogP contribution >= 0.6 is 0 Å². The minimum absolute atomic E-state index is 0.0538. The minimum Gasteiger partial charge on any atom is -0.508 e. The van der Waals surface area contributed by atoms with Gasteiger partial charge in [-0.3, -0.25) is 9.69 Å². The normalized spacial score (nSPS) is 15.3. The Kier molecular flexibility index (Phi) is 9.54. The average molecular weight is 532 g/mol. The number of hydrogen-bond acceptors (Lipinski definition) is 7. The van der Waals surface area contributed by atoms with E-state index in [9.17, 15) is 9.90 Å². The molecule has 2 heterocycles. The lowest BCUT2D eigenvalue weighted by atomic mass is 9.71. The van der Waals surface area contributed by atoms with Gasteiger partial charge >= 0.3 is 0 Å². The molecule has 208 valence electrons. The highest BCUT2D eigenvalue weighted by atomic mass is 16.5. The maximum atomic E-state index is 12.8. The SMILES string of the molecule is CCN(CC)C(=O)c1cnc(C2(c3cccc(O)c3)CCN(Cc3ccc(OCCN(C)C)cc3)CC2)nc1. The number of likely N-dealkylation sites (N-methyl/N-ethyl adjacent to an activating group) is 1. The summed E-state index contributed by atoms with van der Waals surface area (Å²) in [5.41, 5.74) is 2.32. The number of phenols is 1. The molecule has 0 saturated carbocycles. The van der Waals surface area contributed by atoms with Crippen molar-refractivity contribution >= 4 is 5.91 Å². The third-order valence-corrected chi connectivity index (χ3v) is 7.62. The van der Waals surface area contributed by atoms with E-state index >= 15 is 0 Å². The van der Waals surface area contributed by atoms with E-state index in [-0.39, 0.29) is 11.7 Å². The van der Waals surface area contributed by atoms with Gasteiger partial charge in [-0.1, -0.05) is 24.3 Å². The van der Waals surface area contributed by atoms with E-state index in [4.69, 9.17) is 14.7 Å². The largest absolute Gasteiger partial charge is 0.508 e. The molecule has 1 amide bonds. The number of carbonyl (C=O) groups excluding carboxylic acids is 1. The summed E-state index contributed by atoms with van der Waals surface area (Å²) >= 11 is 0. The van der Waals surface area contributed by atoms with Crippen LogP contribution in [0.1, 0.15) is 54.0 Å². The smallest absolute Gasteiger partial charge is 0.256 e. The zero-order valence-electron chi connectivity index (χ0n) is 23.6. The van der Waals surface area contributed by atoms with E-state index in [1.807, 2.05) is 58.3 Å². The molecular formula is C31H41N5O3. The van der Waals surface area contributed by atoms with Crippen molar-refractivity contribution in [2.75, 3.05) is 53.4 Å². The van der Waals surface area contributed by atoms with Crippen molar-refractivity contribution < 1.29 is 14.6 Å². The molecule has 1 saturated heterocycles. The summed E-state index contributed by atoms with van der Waals surface area (Å²) in [6.07, 6.45) is 4.93. The van der Waals surface area contributed by atoms with Crippen LogP contribution in [-0.2, 0) is 12.0 Å². The Balaban J connectivity index is 1.48. The molecule has 0 spiro atoms. The van der Waals surface area contributed by atoms with Gasteiger partial charge in [-0.2, -0.15) is 0 Å². The fourth-order valence-corrected chi connectivity index (χ4v) is 5.21. The zero-order chi connectivity index (χ0) is 27.8. The average Bonchev–Trinajstić information content (AvgIpc) is 2.95. The van der Waals surface area contributed by atoms with Crippen molar-refractivity contribution in [2.24, 2.45) is 0 Å². The molecule has 8 nitrogen and oxygen atoms in total. The van der Waals surface area contributed by atoms with Crippen molar-refractivity contribution in [1.29, 1.82) is 0 Å². The van der Waals surface area contributed by atoms with Gasteiger partial charge in [0.2, 0.25) is 0 Å². The van der Waals surface area contributed by atoms with Crippen LogP contribution in [0.5, 0.6) is 11.5 Å². The molecule has 1 fully saturated rings. The molecule has 2 aromatic carbocycles. The summed E-state index contributed by atoms with van der Waals surface area (Å²) in [5.74, 6) is 1.77. The molecule has 39 heavy (non-hydrogen) atoms. The highest BCUT2D eigenvalue weighted by Crippen LogP contribution is 2.41. The van der Waals surface area contributed by atoms with E-state index < -0.39 is 5.41 Å². The third kappa shape index (κ3) is 6.94. The Morgan fingerprint density at radius 3 is 2.28 bits per heavy atom. The first kappa shape index (κ1) is 28.5. The molecule has 4 rings (SSSR count). The van der Waals surface area contributed by atoms with E-state index in [0.717, 1.165) is 50.3 Å². The van der Waals surface area contributed by atoms with Gasteiger partial charge in [-0.05, 0) is 89.3 Å². The number of aromatic hydroxyl groups is 1. The maximum absolute atomic E-state index is 12.8. The Morgan fingerprint density at radius 1 is 1.03 bits per heavy atom. The number of phenolic OH excluding ortho intramolecular Hbond substituents is 1. The molecule has 1 aliphatic rings. The second-order valence-corrected chi connectivity index (χ2v) is 10.5. The Hall–Kier alpha value is -3.49. The molecule has 0 atom stereocenters. The van der Waals surface area contributed by atoms with Crippen LogP contribution in [0.15, 0.2) is 60.9 Å². The first-order valence-electron chi connectivity index (χ1n) is 13.8. The summed E-state index contributed by atoms with van der Waals surface area (Å²) in [5, 5.41) is 10.3. The number of hydrogen-bond donors (Lipinski definition) is 1. The molecule has 1 N–H and O–H groups in total. The number of aromatic nitrogens is 2. The molecular weight excluding hydrogens is 490 g/mol. The summed E-state index contributed by atoms with van der Waals surface area (Å²) < 4.78 is 5.83. The second-order valence-electron chi connectivity index (χ2n) is 10.5. The predicted molar refractivity (Wildman–Crippen MR) is 153 cm³/mol. The van der Waals surface area contributed by atoms with Crippen LogP contribution in [0.4, 0.5) is 0 Å². The summed E-state index contributed by atoms with van der Waals surface area (Å²) in [4.78, 5) is 28.6. The number of amides is 1. The molecule has 0 radical (unpaired) electrons. The molecule has 0 unspecified atom stereocenters. The van der Waals surface area contributed by atoms with Crippen LogP contribution in [0.3, 0.4) is 0 Å². The Bertz CT molecular complexity index is 1200. The Labute approximate surface area is 232 Å². The number of likely N-dealkylation sites (tertiary alicyclic amines) is 1. The predicted octanol–water partition coefficient (Wildman–Crippen LogP) is 4.19. The van der Waals surface area contributed by atoms with Crippen LogP contribution in [0, 0.1) is 0 Å². The number of rotatable bonds is 11. The lowest BCUT2D eigenvalue weighted by molar-refractivity contribution is 0.0771. The fourth-order valence-electron chi connectivity index (χ4n) is 5.21. The molecule has 8 heteroatoms. The molecule has 3 aromatic rings. The third-order valence-electron chi connectivity index (χ3n) is 7.62. The van der Waals surface area contributed by atoms with Crippen LogP contribution in [-0.4, -0.2) is 89.1 Å². The first-order chi connectivity index (χ1) is 18.8. The highest BCUT2D eigenvalue weighted by molar-refractivity contribution is 5.93. The number of ether oxygens (including phenoxy) is 1. The van der Waals surface area contributed by atoms with E-state index in [1.165, 1.54) is 5.56 Å². The first-order valence-corrected chi connectivity index (χ1v) is 13.8. The highest BCUT2D eigenvalue weighted by Gasteiger charge is 2.40. The van der Waals surface area contributed by atoms with Crippen molar-refractivity contribution in [2.45, 2.75) is 38.6 Å². The number of nitrogens with zero attached hydrogens (tertiary/aromatic N) is 5. The maximum Gasteiger partial charge on any atom is 0.256 e. The number of carbonyl (C=O) groups is 1. The Morgan fingerprint density at radius 2 is 1.69 bits per heavy atom. The topological polar surface area (TPSA) is 82.0 Å². The van der Waals surface area contributed by atoms with Gasteiger partial charge in [0.05, 0.1) is 11.0 Å². The summed E-state index contributed by atoms with van der Waals surface area (Å²) in [6.45, 7) is 9.36. The second kappa shape index (κ2) is 13.0. The zero-order valence-corrected chi connectivity index (χ0v) is 23.6. The van der Waals surface area contributed by atoms with Crippen LogP contribution in [0.2, 0.25) is 0 Å².